The number of carbonyl (C=O) groups excluding carboxylic acids is 1. The van der Waals surface area contributed by atoms with Crippen LogP contribution in [0.3, 0.4) is 0 Å². The van der Waals surface area contributed by atoms with Gasteiger partial charge in [-0.2, -0.15) is 13.2 Å². The van der Waals surface area contributed by atoms with Gasteiger partial charge < -0.3 is 4.74 Å². The SMILES string of the molecule is CC(C=CC1=C(C)CCCC1(C)C)=CC=CCCCOC(=O)C(F)(F)F. The van der Waals surface area contributed by atoms with Crippen molar-refractivity contribution in [3.63, 3.8) is 0 Å². The monoisotopic (exact) mass is 370 g/mol. The van der Waals surface area contributed by atoms with E-state index in [2.05, 4.69) is 37.7 Å². The molecule has 0 N–H and O–H groups in total. The minimum Gasteiger partial charge on any atom is -0.459 e. The maximum absolute atomic E-state index is 11.9. The van der Waals surface area contributed by atoms with Gasteiger partial charge in [0.1, 0.15) is 0 Å². The Hall–Kier alpha value is -1.78. The Morgan fingerprint density at radius 2 is 2.00 bits per heavy atom. The molecule has 0 aromatic heterocycles. The lowest BCUT2D eigenvalue weighted by atomic mass is 9.72. The van der Waals surface area contributed by atoms with Crippen LogP contribution in [0.4, 0.5) is 13.2 Å². The van der Waals surface area contributed by atoms with Gasteiger partial charge in [0.05, 0.1) is 6.61 Å². The highest BCUT2D eigenvalue weighted by Gasteiger charge is 2.40. The van der Waals surface area contributed by atoms with Crippen LogP contribution in [-0.4, -0.2) is 18.8 Å². The van der Waals surface area contributed by atoms with E-state index in [0.29, 0.717) is 12.8 Å². The maximum atomic E-state index is 11.9. The maximum Gasteiger partial charge on any atom is 0.490 e. The molecule has 0 saturated heterocycles. The number of esters is 1. The first kappa shape index (κ1) is 22.3. The molecule has 0 atom stereocenters. The summed E-state index contributed by atoms with van der Waals surface area (Å²) in [5.74, 6) is -2.13. The lowest BCUT2D eigenvalue weighted by Gasteiger charge is -2.32. The van der Waals surface area contributed by atoms with Crippen LogP contribution in [0.25, 0.3) is 0 Å². The molecule has 26 heavy (non-hydrogen) atoms. The number of ether oxygens (including phenoxy) is 1. The summed E-state index contributed by atoms with van der Waals surface area (Å²) >= 11 is 0. The molecule has 1 aliphatic rings. The summed E-state index contributed by atoms with van der Waals surface area (Å²) in [7, 11) is 0. The van der Waals surface area contributed by atoms with Crippen LogP contribution in [-0.2, 0) is 9.53 Å². The summed E-state index contributed by atoms with van der Waals surface area (Å²) in [5, 5.41) is 0. The smallest absolute Gasteiger partial charge is 0.459 e. The Kier molecular flexibility index (Phi) is 8.38. The third-order valence-corrected chi connectivity index (χ3v) is 4.53. The van der Waals surface area contributed by atoms with E-state index < -0.39 is 12.1 Å². The van der Waals surface area contributed by atoms with Crippen LogP contribution >= 0.6 is 0 Å². The standard InChI is InChI=1S/C21H29F3O2/c1-16(12-13-18-17(2)11-9-14-20(18,3)4)10-7-5-6-8-15-26-19(25)21(22,23)24/h5,7,10,12-13H,6,8-9,11,14-15H2,1-4H3. The number of alkyl halides is 3. The Balaban J connectivity index is 2.42. The van der Waals surface area contributed by atoms with Crippen molar-refractivity contribution in [1.29, 1.82) is 0 Å². The van der Waals surface area contributed by atoms with E-state index in [1.807, 2.05) is 25.2 Å². The highest BCUT2D eigenvalue weighted by molar-refractivity contribution is 5.75. The van der Waals surface area contributed by atoms with E-state index in [-0.39, 0.29) is 12.0 Å². The third-order valence-electron chi connectivity index (χ3n) is 4.53. The molecule has 0 fully saturated rings. The molecule has 0 aromatic carbocycles. The van der Waals surface area contributed by atoms with Crippen LogP contribution in [0.15, 0.2) is 47.1 Å². The fourth-order valence-electron chi connectivity index (χ4n) is 3.04. The molecular weight excluding hydrogens is 341 g/mol. The minimum atomic E-state index is -4.91. The van der Waals surface area contributed by atoms with Crippen molar-refractivity contribution in [2.24, 2.45) is 5.41 Å². The molecule has 0 heterocycles. The van der Waals surface area contributed by atoms with Crippen molar-refractivity contribution in [3.05, 3.63) is 47.1 Å². The Morgan fingerprint density at radius 3 is 2.62 bits per heavy atom. The van der Waals surface area contributed by atoms with Crippen LogP contribution in [0.5, 0.6) is 0 Å². The number of hydrogen-bond acceptors (Lipinski definition) is 2. The van der Waals surface area contributed by atoms with Crippen molar-refractivity contribution in [1.82, 2.24) is 0 Å². The Labute approximate surface area is 154 Å². The molecule has 0 spiro atoms. The normalized spacial score (nSPS) is 18.8. The first-order valence-corrected chi connectivity index (χ1v) is 9.00. The highest BCUT2D eigenvalue weighted by Crippen LogP contribution is 2.40. The highest BCUT2D eigenvalue weighted by atomic mass is 19.4. The molecule has 0 saturated carbocycles. The lowest BCUT2D eigenvalue weighted by molar-refractivity contribution is -0.199. The average Bonchev–Trinajstić information content (AvgIpc) is 2.51. The molecule has 0 unspecified atom stereocenters. The number of allylic oxidation sites excluding steroid dienone is 8. The van der Waals surface area contributed by atoms with Crippen molar-refractivity contribution < 1.29 is 22.7 Å². The van der Waals surface area contributed by atoms with Gasteiger partial charge in [0, 0.05) is 0 Å². The van der Waals surface area contributed by atoms with Gasteiger partial charge in [0.2, 0.25) is 0 Å². The summed E-state index contributed by atoms with van der Waals surface area (Å²) in [4.78, 5) is 10.5. The van der Waals surface area contributed by atoms with Gasteiger partial charge in [0.15, 0.2) is 0 Å². The van der Waals surface area contributed by atoms with Crippen LogP contribution in [0.1, 0.15) is 59.8 Å². The molecule has 0 radical (unpaired) electrons. The Bertz CT molecular complexity index is 605. The molecule has 2 nitrogen and oxygen atoms in total. The second-order valence-corrected chi connectivity index (χ2v) is 7.38. The van der Waals surface area contributed by atoms with Crippen molar-refractivity contribution >= 4 is 5.97 Å². The lowest BCUT2D eigenvalue weighted by Crippen LogP contribution is -2.25. The summed E-state index contributed by atoms with van der Waals surface area (Å²) in [6.45, 7) is 8.54. The quantitative estimate of drug-likeness (QED) is 0.292. The number of unbranched alkanes of at least 4 members (excludes halogenated alkanes) is 1. The van der Waals surface area contributed by atoms with E-state index in [1.54, 1.807) is 0 Å². The van der Waals surface area contributed by atoms with Gasteiger partial charge in [-0.3, -0.25) is 0 Å². The van der Waals surface area contributed by atoms with E-state index in [0.717, 1.165) is 12.0 Å². The van der Waals surface area contributed by atoms with Crippen molar-refractivity contribution in [2.45, 2.75) is 66.0 Å². The zero-order valence-corrected chi connectivity index (χ0v) is 16.1. The van der Waals surface area contributed by atoms with Crippen LogP contribution in [0, 0.1) is 5.41 Å². The van der Waals surface area contributed by atoms with Gasteiger partial charge in [-0.25, -0.2) is 4.79 Å². The van der Waals surface area contributed by atoms with Gasteiger partial charge in [-0.15, -0.1) is 0 Å². The van der Waals surface area contributed by atoms with Crippen molar-refractivity contribution in [3.8, 4) is 0 Å². The largest absolute Gasteiger partial charge is 0.490 e. The zero-order valence-electron chi connectivity index (χ0n) is 16.1. The Morgan fingerprint density at radius 1 is 1.31 bits per heavy atom. The molecule has 0 aromatic rings. The van der Waals surface area contributed by atoms with Crippen molar-refractivity contribution in [2.75, 3.05) is 6.61 Å². The molecule has 1 rings (SSSR count). The van der Waals surface area contributed by atoms with E-state index in [9.17, 15) is 18.0 Å². The van der Waals surface area contributed by atoms with Gasteiger partial charge in [0.25, 0.3) is 0 Å². The fraction of sp³-hybridized carbons (Fsp3) is 0.571. The first-order chi connectivity index (χ1) is 12.0. The molecule has 1 aliphatic carbocycles. The number of rotatable bonds is 7. The molecule has 146 valence electrons. The van der Waals surface area contributed by atoms with Gasteiger partial charge in [-0.05, 0) is 56.9 Å². The van der Waals surface area contributed by atoms with E-state index in [4.69, 9.17) is 0 Å². The molecule has 5 heteroatoms. The zero-order chi connectivity index (χ0) is 19.8. The molecule has 0 aliphatic heterocycles. The van der Waals surface area contributed by atoms with Crippen LogP contribution in [0.2, 0.25) is 0 Å². The predicted octanol–water partition coefficient (Wildman–Crippen LogP) is 6.46. The summed E-state index contributed by atoms with van der Waals surface area (Å²) < 4.78 is 40.0. The topological polar surface area (TPSA) is 26.3 Å². The number of carbonyl (C=O) groups is 1. The second kappa shape index (κ2) is 9.79. The van der Waals surface area contributed by atoms with Gasteiger partial charge >= 0.3 is 12.1 Å². The third kappa shape index (κ3) is 7.63. The first-order valence-electron chi connectivity index (χ1n) is 9.00. The summed E-state index contributed by atoms with van der Waals surface area (Å²) in [5.41, 5.74) is 4.18. The summed E-state index contributed by atoms with van der Waals surface area (Å²) in [6, 6.07) is 0. The van der Waals surface area contributed by atoms with E-state index >= 15 is 0 Å². The average molecular weight is 370 g/mol. The molecular formula is C21H29F3O2. The fourth-order valence-corrected chi connectivity index (χ4v) is 3.04. The second-order valence-electron chi connectivity index (χ2n) is 7.38. The number of hydrogen-bond donors (Lipinski definition) is 0. The molecule has 0 bridgehead atoms. The number of halogens is 3. The molecule has 0 amide bonds. The minimum absolute atomic E-state index is 0.211. The summed E-state index contributed by atoms with van der Waals surface area (Å²) in [6.07, 6.45) is 9.59. The van der Waals surface area contributed by atoms with Crippen LogP contribution < -0.4 is 0 Å². The van der Waals surface area contributed by atoms with E-state index in [1.165, 1.54) is 24.0 Å². The predicted molar refractivity (Wildman–Crippen MR) is 98.6 cm³/mol. The van der Waals surface area contributed by atoms with Gasteiger partial charge in [-0.1, -0.05) is 55.4 Å².